The predicted molar refractivity (Wildman–Crippen MR) is 120 cm³/mol. The second-order valence-corrected chi connectivity index (χ2v) is 7.69. The molecule has 0 bridgehead atoms. The van der Waals surface area contributed by atoms with Gasteiger partial charge in [0.25, 0.3) is 11.8 Å². The van der Waals surface area contributed by atoms with Crippen molar-refractivity contribution in [3.8, 4) is 17.5 Å². The van der Waals surface area contributed by atoms with Crippen molar-refractivity contribution in [2.24, 2.45) is 0 Å². The maximum absolute atomic E-state index is 14.9. The van der Waals surface area contributed by atoms with Crippen molar-refractivity contribution < 1.29 is 22.6 Å². The number of hydrogen-bond acceptors (Lipinski definition) is 7. The average molecular weight is 480 g/mol. The van der Waals surface area contributed by atoms with E-state index in [9.17, 15) is 13.2 Å². The van der Waals surface area contributed by atoms with Crippen LogP contribution in [0.25, 0.3) is 0 Å². The molecule has 2 aromatic rings. The summed E-state index contributed by atoms with van der Waals surface area (Å²) in [6.45, 7) is 9.83. The van der Waals surface area contributed by atoms with Crippen LogP contribution in [0.2, 0.25) is 5.02 Å². The van der Waals surface area contributed by atoms with E-state index in [0.717, 1.165) is 24.0 Å². The zero-order chi connectivity index (χ0) is 24.5. The molecule has 0 aromatic carbocycles. The largest absolute Gasteiger partial charge is 0.469 e. The van der Waals surface area contributed by atoms with Crippen molar-refractivity contribution in [1.29, 1.82) is 5.41 Å². The number of pyridine rings is 2. The van der Waals surface area contributed by atoms with Crippen molar-refractivity contribution in [1.82, 2.24) is 14.9 Å². The molecular weight excluding hydrogens is 459 g/mol. The molecule has 174 valence electrons. The Morgan fingerprint density at radius 1 is 1.30 bits per heavy atom. The third-order valence-electron chi connectivity index (χ3n) is 4.51. The fraction of sp³-hybridized carbons (Fsp3) is 0.227. The van der Waals surface area contributed by atoms with Crippen LogP contribution in [-0.4, -0.2) is 40.2 Å². The number of alkyl halides is 2. The minimum atomic E-state index is -3.17. The smallest absolute Gasteiger partial charge is 0.285 e. The SMILES string of the molecule is C=C1C=C(C(C)(F)F)N(C)C(=C)N1c1nc(Oc2cccnc2OCC(C)=N)c(Cl)cc1F. The van der Waals surface area contributed by atoms with Gasteiger partial charge in [-0.3, -0.25) is 4.90 Å². The summed E-state index contributed by atoms with van der Waals surface area (Å²) >= 11 is 6.15. The van der Waals surface area contributed by atoms with Crippen LogP contribution in [0, 0.1) is 11.2 Å². The Hall–Kier alpha value is -3.53. The molecule has 7 nitrogen and oxygen atoms in total. The molecule has 0 atom stereocenters. The zero-order valence-corrected chi connectivity index (χ0v) is 18.9. The first-order chi connectivity index (χ1) is 15.4. The van der Waals surface area contributed by atoms with Crippen LogP contribution in [0.15, 0.2) is 60.8 Å². The second-order valence-electron chi connectivity index (χ2n) is 7.28. The first-order valence-electron chi connectivity index (χ1n) is 9.57. The van der Waals surface area contributed by atoms with Crippen molar-refractivity contribution >= 4 is 23.1 Å². The highest BCUT2D eigenvalue weighted by molar-refractivity contribution is 6.31. The average Bonchev–Trinajstić information content (AvgIpc) is 2.72. The van der Waals surface area contributed by atoms with Gasteiger partial charge in [-0.15, -0.1) is 0 Å². The Kier molecular flexibility index (Phi) is 6.68. The Morgan fingerprint density at radius 3 is 2.64 bits per heavy atom. The molecule has 0 unspecified atom stereocenters. The molecule has 11 heteroatoms. The van der Waals surface area contributed by atoms with Crippen molar-refractivity contribution in [2.75, 3.05) is 18.6 Å². The highest BCUT2D eigenvalue weighted by Crippen LogP contribution is 2.40. The van der Waals surface area contributed by atoms with Crippen molar-refractivity contribution in [2.45, 2.75) is 19.8 Å². The number of nitrogens with zero attached hydrogens (tertiary/aromatic N) is 4. The molecule has 0 fully saturated rings. The minimum Gasteiger partial charge on any atom is -0.469 e. The van der Waals surface area contributed by atoms with Gasteiger partial charge in [-0.25, -0.2) is 18.2 Å². The van der Waals surface area contributed by atoms with Gasteiger partial charge >= 0.3 is 0 Å². The molecule has 2 aromatic heterocycles. The van der Waals surface area contributed by atoms with Crippen molar-refractivity contribution in [3.05, 3.63) is 71.7 Å². The minimum absolute atomic E-state index is 0.00514. The third kappa shape index (κ3) is 5.11. The maximum atomic E-state index is 14.9. The Bertz CT molecular complexity index is 1160. The first kappa shape index (κ1) is 24.1. The van der Waals surface area contributed by atoms with Gasteiger partial charge in [0.1, 0.15) is 17.5 Å². The summed E-state index contributed by atoms with van der Waals surface area (Å²) in [7, 11) is 1.38. The van der Waals surface area contributed by atoms with Crippen LogP contribution >= 0.6 is 11.6 Å². The number of allylic oxidation sites excluding steroid dienone is 2. The molecule has 1 aliphatic heterocycles. The molecule has 3 rings (SSSR count). The summed E-state index contributed by atoms with van der Waals surface area (Å²) < 4.78 is 54.0. The summed E-state index contributed by atoms with van der Waals surface area (Å²) in [6, 6.07) is 4.10. The molecule has 0 saturated carbocycles. The van der Waals surface area contributed by atoms with Gasteiger partial charge in [0.2, 0.25) is 5.88 Å². The number of nitrogens with one attached hydrogen (secondary N) is 1. The van der Waals surface area contributed by atoms with E-state index < -0.39 is 11.7 Å². The molecule has 0 spiro atoms. The number of hydrogen-bond donors (Lipinski definition) is 1. The molecule has 1 aliphatic rings. The van der Waals surface area contributed by atoms with Crippen LogP contribution in [-0.2, 0) is 0 Å². The number of halogens is 4. The lowest BCUT2D eigenvalue weighted by Gasteiger charge is -2.39. The van der Waals surface area contributed by atoms with Gasteiger partial charge in [0.05, 0.1) is 5.70 Å². The first-order valence-corrected chi connectivity index (χ1v) is 9.95. The summed E-state index contributed by atoms with van der Waals surface area (Å²) in [6.07, 6.45) is 2.59. The fourth-order valence-electron chi connectivity index (χ4n) is 2.97. The van der Waals surface area contributed by atoms with E-state index in [0.29, 0.717) is 0 Å². The molecule has 0 radical (unpaired) electrons. The molecule has 0 amide bonds. The van der Waals surface area contributed by atoms with Gasteiger partial charge in [-0.2, -0.15) is 4.98 Å². The lowest BCUT2D eigenvalue weighted by atomic mass is 10.1. The van der Waals surface area contributed by atoms with Gasteiger partial charge in [0, 0.05) is 37.6 Å². The normalized spacial score (nSPS) is 14.3. The lowest BCUT2D eigenvalue weighted by Crippen LogP contribution is -2.40. The highest BCUT2D eigenvalue weighted by atomic mass is 35.5. The number of rotatable bonds is 7. The highest BCUT2D eigenvalue weighted by Gasteiger charge is 2.37. The van der Waals surface area contributed by atoms with E-state index in [2.05, 4.69) is 23.1 Å². The van der Waals surface area contributed by atoms with E-state index in [1.807, 2.05) is 0 Å². The van der Waals surface area contributed by atoms with Gasteiger partial charge in [-0.05, 0) is 25.1 Å². The Balaban J connectivity index is 2.00. The van der Waals surface area contributed by atoms with Crippen LogP contribution in [0.3, 0.4) is 0 Å². The van der Waals surface area contributed by atoms with E-state index in [4.69, 9.17) is 26.5 Å². The molecule has 0 aliphatic carbocycles. The van der Waals surface area contributed by atoms with Crippen molar-refractivity contribution in [3.63, 3.8) is 0 Å². The Morgan fingerprint density at radius 2 is 2.00 bits per heavy atom. The molecule has 33 heavy (non-hydrogen) atoms. The number of ether oxygens (including phenoxy) is 2. The summed E-state index contributed by atoms with van der Waals surface area (Å²) in [5.74, 6) is -4.28. The monoisotopic (exact) mass is 479 g/mol. The van der Waals surface area contributed by atoms with Crippen LogP contribution in [0.1, 0.15) is 13.8 Å². The lowest BCUT2D eigenvalue weighted by molar-refractivity contribution is 0.0384. The second kappa shape index (κ2) is 9.14. The predicted octanol–water partition coefficient (Wildman–Crippen LogP) is 5.76. The molecular formula is C22H21ClF3N5O2. The van der Waals surface area contributed by atoms with Crippen LogP contribution < -0.4 is 14.4 Å². The fourth-order valence-corrected chi connectivity index (χ4v) is 3.14. The van der Waals surface area contributed by atoms with E-state index in [1.165, 1.54) is 24.2 Å². The van der Waals surface area contributed by atoms with Crippen LogP contribution in [0.4, 0.5) is 19.0 Å². The Labute approximate surface area is 193 Å². The van der Waals surface area contributed by atoms with Gasteiger partial charge in [-0.1, -0.05) is 24.8 Å². The third-order valence-corrected chi connectivity index (χ3v) is 4.78. The van der Waals surface area contributed by atoms with Crippen LogP contribution in [0.5, 0.6) is 17.5 Å². The summed E-state index contributed by atoms with van der Waals surface area (Å²) in [5.41, 5.74) is -0.0532. The molecule has 0 saturated heterocycles. The summed E-state index contributed by atoms with van der Waals surface area (Å²) in [5, 5.41) is 7.35. The van der Waals surface area contributed by atoms with E-state index >= 15 is 0 Å². The quantitative estimate of drug-likeness (QED) is 0.509. The zero-order valence-electron chi connectivity index (χ0n) is 18.1. The number of anilines is 1. The van der Waals surface area contributed by atoms with Gasteiger partial charge in [0.15, 0.2) is 17.4 Å². The molecule has 1 N–H and O–H groups in total. The number of aromatic nitrogens is 2. The van der Waals surface area contributed by atoms with E-state index in [-0.39, 0.29) is 57.9 Å². The maximum Gasteiger partial charge on any atom is 0.285 e. The van der Waals surface area contributed by atoms with E-state index in [1.54, 1.807) is 13.0 Å². The van der Waals surface area contributed by atoms with Gasteiger partial charge < -0.3 is 19.8 Å². The molecule has 3 heterocycles. The topological polar surface area (TPSA) is 74.6 Å². The standard InChI is InChI=1S/C22H21ClF3N5O2/c1-12(27)11-32-21-17(7-6-8-28-21)33-20-15(23)10-16(24)19(29-20)31-13(2)9-18(22(4,25)26)30(5)14(31)3/h6-10,27H,2-3,11H2,1,4-5H3. The summed E-state index contributed by atoms with van der Waals surface area (Å²) in [4.78, 5) is 10.5.